The quantitative estimate of drug-likeness (QED) is 0.528. The van der Waals surface area contributed by atoms with E-state index in [0.717, 1.165) is 16.9 Å². The van der Waals surface area contributed by atoms with Crippen LogP contribution in [0.3, 0.4) is 0 Å². The Kier molecular flexibility index (Phi) is 5.63. The van der Waals surface area contributed by atoms with Crippen molar-refractivity contribution in [1.29, 1.82) is 0 Å². The van der Waals surface area contributed by atoms with Crippen molar-refractivity contribution in [3.8, 4) is 0 Å². The van der Waals surface area contributed by atoms with Gasteiger partial charge in [-0.2, -0.15) is 0 Å². The van der Waals surface area contributed by atoms with Crippen LogP contribution in [0.25, 0.3) is 0 Å². The van der Waals surface area contributed by atoms with E-state index in [9.17, 15) is 4.79 Å². The molecule has 0 amide bonds. The fourth-order valence-electron chi connectivity index (χ4n) is 2.21. The van der Waals surface area contributed by atoms with Gasteiger partial charge in [-0.3, -0.25) is 4.79 Å². The first-order valence-electron chi connectivity index (χ1n) is 7.45. The van der Waals surface area contributed by atoms with Crippen LogP contribution in [0, 0.1) is 0 Å². The van der Waals surface area contributed by atoms with E-state index in [4.69, 9.17) is 0 Å². The highest BCUT2D eigenvalue weighted by molar-refractivity contribution is 7.99. The van der Waals surface area contributed by atoms with Crippen LogP contribution in [-0.4, -0.2) is 11.5 Å². The van der Waals surface area contributed by atoms with E-state index in [0.29, 0.717) is 12.3 Å². The number of ketones is 1. The minimum atomic E-state index is 0.181. The predicted molar refractivity (Wildman–Crippen MR) is 91.4 cm³/mol. The SMILES string of the molecule is CCSc1ccc(C(=O)Cc2ccc(C(C)C)cc2)cc1. The summed E-state index contributed by atoms with van der Waals surface area (Å²) in [6.07, 6.45) is 0.471. The Morgan fingerprint density at radius 2 is 1.62 bits per heavy atom. The molecule has 0 fully saturated rings. The van der Waals surface area contributed by atoms with Crippen molar-refractivity contribution in [2.24, 2.45) is 0 Å². The Bertz CT molecular complexity index is 582. The van der Waals surface area contributed by atoms with Crippen LogP contribution >= 0.6 is 11.8 Å². The summed E-state index contributed by atoms with van der Waals surface area (Å²) in [4.78, 5) is 13.5. The molecule has 0 atom stereocenters. The highest BCUT2D eigenvalue weighted by Gasteiger charge is 2.08. The molecule has 21 heavy (non-hydrogen) atoms. The van der Waals surface area contributed by atoms with Crippen LogP contribution < -0.4 is 0 Å². The van der Waals surface area contributed by atoms with Crippen molar-refractivity contribution in [3.63, 3.8) is 0 Å². The van der Waals surface area contributed by atoms with Crippen LogP contribution in [0.5, 0.6) is 0 Å². The number of Topliss-reactive ketones (excluding diaryl/α,β-unsaturated/α-hetero) is 1. The Labute approximate surface area is 131 Å². The molecule has 0 aliphatic carbocycles. The average Bonchev–Trinajstić information content (AvgIpc) is 2.49. The van der Waals surface area contributed by atoms with Crippen molar-refractivity contribution in [2.45, 2.75) is 38.0 Å². The third-order valence-corrected chi connectivity index (χ3v) is 4.39. The van der Waals surface area contributed by atoms with E-state index in [-0.39, 0.29) is 5.78 Å². The molecule has 0 N–H and O–H groups in total. The van der Waals surface area contributed by atoms with E-state index < -0.39 is 0 Å². The molecule has 0 heterocycles. The number of rotatable bonds is 6. The summed E-state index contributed by atoms with van der Waals surface area (Å²) in [5.41, 5.74) is 3.19. The monoisotopic (exact) mass is 298 g/mol. The Morgan fingerprint density at radius 1 is 1.00 bits per heavy atom. The number of hydrogen-bond donors (Lipinski definition) is 0. The molecule has 2 heteroatoms. The van der Waals surface area contributed by atoms with Gasteiger partial charge >= 0.3 is 0 Å². The summed E-state index contributed by atoms with van der Waals surface area (Å²) in [7, 11) is 0. The normalized spacial score (nSPS) is 10.9. The van der Waals surface area contributed by atoms with E-state index in [1.807, 2.05) is 24.3 Å². The molecule has 2 aromatic carbocycles. The van der Waals surface area contributed by atoms with E-state index in [1.54, 1.807) is 11.8 Å². The van der Waals surface area contributed by atoms with Crippen molar-refractivity contribution in [2.75, 3.05) is 5.75 Å². The molecule has 2 aromatic rings. The number of carbonyl (C=O) groups is 1. The molecule has 0 aromatic heterocycles. The second kappa shape index (κ2) is 7.46. The summed E-state index contributed by atoms with van der Waals surface area (Å²) < 4.78 is 0. The third-order valence-electron chi connectivity index (χ3n) is 3.50. The molecule has 0 radical (unpaired) electrons. The lowest BCUT2D eigenvalue weighted by Gasteiger charge is -2.07. The minimum Gasteiger partial charge on any atom is -0.294 e. The maximum atomic E-state index is 12.3. The van der Waals surface area contributed by atoms with Gasteiger partial charge in [-0.25, -0.2) is 0 Å². The number of carbonyl (C=O) groups excluding carboxylic acids is 1. The highest BCUT2D eigenvalue weighted by Crippen LogP contribution is 2.19. The van der Waals surface area contributed by atoms with Gasteiger partial charge in [-0.05, 0) is 34.9 Å². The second-order valence-corrected chi connectivity index (χ2v) is 6.79. The maximum absolute atomic E-state index is 12.3. The maximum Gasteiger partial charge on any atom is 0.167 e. The van der Waals surface area contributed by atoms with Crippen LogP contribution in [0.4, 0.5) is 0 Å². The molecule has 110 valence electrons. The van der Waals surface area contributed by atoms with Crippen molar-refractivity contribution in [3.05, 3.63) is 65.2 Å². The van der Waals surface area contributed by atoms with E-state index >= 15 is 0 Å². The summed E-state index contributed by atoms with van der Waals surface area (Å²) in [5, 5.41) is 0. The van der Waals surface area contributed by atoms with Gasteiger partial charge in [0.2, 0.25) is 0 Å². The van der Waals surface area contributed by atoms with Gasteiger partial charge in [0.05, 0.1) is 0 Å². The van der Waals surface area contributed by atoms with Crippen molar-refractivity contribution < 1.29 is 4.79 Å². The first-order valence-corrected chi connectivity index (χ1v) is 8.43. The predicted octanol–water partition coefficient (Wildman–Crippen LogP) is 5.35. The van der Waals surface area contributed by atoms with Crippen LogP contribution in [0.15, 0.2) is 53.4 Å². The van der Waals surface area contributed by atoms with Crippen molar-refractivity contribution in [1.82, 2.24) is 0 Å². The first kappa shape index (κ1) is 15.8. The second-order valence-electron chi connectivity index (χ2n) is 5.45. The Hall–Kier alpha value is -1.54. The molecule has 1 nitrogen and oxygen atoms in total. The molecule has 0 spiro atoms. The number of hydrogen-bond acceptors (Lipinski definition) is 2. The van der Waals surface area contributed by atoms with Crippen molar-refractivity contribution >= 4 is 17.5 Å². The van der Waals surface area contributed by atoms with E-state index in [2.05, 4.69) is 45.0 Å². The van der Waals surface area contributed by atoms with Crippen LogP contribution in [0.2, 0.25) is 0 Å². The number of thioether (sulfide) groups is 1. The molecular weight excluding hydrogens is 276 g/mol. The van der Waals surface area contributed by atoms with Gasteiger partial charge in [0, 0.05) is 16.9 Å². The number of benzene rings is 2. The lowest BCUT2D eigenvalue weighted by molar-refractivity contribution is 0.0993. The fourth-order valence-corrected chi connectivity index (χ4v) is 2.87. The van der Waals surface area contributed by atoms with Gasteiger partial charge < -0.3 is 0 Å². The molecule has 0 unspecified atom stereocenters. The molecule has 0 saturated heterocycles. The van der Waals surface area contributed by atoms with E-state index in [1.165, 1.54) is 10.5 Å². The van der Waals surface area contributed by atoms with Gasteiger partial charge in [0.1, 0.15) is 0 Å². The molecular formula is C19H22OS. The molecule has 0 aliphatic rings. The zero-order chi connectivity index (χ0) is 15.2. The topological polar surface area (TPSA) is 17.1 Å². The lowest BCUT2D eigenvalue weighted by Crippen LogP contribution is -2.03. The average molecular weight is 298 g/mol. The smallest absolute Gasteiger partial charge is 0.167 e. The minimum absolute atomic E-state index is 0.181. The lowest BCUT2D eigenvalue weighted by atomic mass is 9.98. The van der Waals surface area contributed by atoms with Gasteiger partial charge in [-0.15, -0.1) is 11.8 Å². The fraction of sp³-hybridized carbons (Fsp3) is 0.316. The molecule has 0 aliphatic heterocycles. The Balaban J connectivity index is 2.03. The highest BCUT2D eigenvalue weighted by atomic mass is 32.2. The molecule has 2 rings (SSSR count). The summed E-state index contributed by atoms with van der Waals surface area (Å²) >= 11 is 1.79. The zero-order valence-electron chi connectivity index (χ0n) is 12.9. The van der Waals surface area contributed by atoms with Gasteiger partial charge in [0.25, 0.3) is 0 Å². The third kappa shape index (κ3) is 4.47. The first-order chi connectivity index (χ1) is 10.1. The summed E-state index contributed by atoms with van der Waals surface area (Å²) in [6.45, 7) is 6.48. The summed E-state index contributed by atoms with van der Waals surface area (Å²) in [5.74, 6) is 1.76. The standard InChI is InChI=1S/C19H22OS/c1-4-21-18-11-9-17(10-12-18)19(20)13-15-5-7-16(8-6-15)14(2)3/h5-12,14H,4,13H2,1-3H3. The molecule has 0 bridgehead atoms. The summed E-state index contributed by atoms with van der Waals surface area (Å²) in [6, 6.07) is 16.3. The van der Waals surface area contributed by atoms with Crippen LogP contribution in [0.1, 0.15) is 48.2 Å². The van der Waals surface area contributed by atoms with Gasteiger partial charge in [0.15, 0.2) is 5.78 Å². The largest absolute Gasteiger partial charge is 0.294 e. The zero-order valence-corrected chi connectivity index (χ0v) is 13.7. The van der Waals surface area contributed by atoms with Crippen LogP contribution in [-0.2, 0) is 6.42 Å². The van der Waals surface area contributed by atoms with Gasteiger partial charge in [-0.1, -0.05) is 57.2 Å². The molecule has 0 saturated carbocycles. The Morgan fingerprint density at radius 3 is 2.14 bits per heavy atom.